The third-order valence-corrected chi connectivity index (χ3v) is 4.06. The van der Waals surface area contributed by atoms with Crippen LogP contribution >= 0.6 is 11.3 Å². The van der Waals surface area contributed by atoms with Crippen LogP contribution in [0.3, 0.4) is 0 Å². The minimum Gasteiger partial charge on any atom is -0.371 e. The molecule has 1 aliphatic rings. The fourth-order valence-electron chi connectivity index (χ4n) is 1.97. The molecule has 0 radical (unpaired) electrons. The van der Waals surface area contributed by atoms with Crippen molar-refractivity contribution in [1.82, 2.24) is 10.3 Å². The SMILES string of the molecule is CCNCc1sc(C2CCCO2)nc1CC. The third-order valence-electron chi connectivity index (χ3n) is 2.87. The van der Waals surface area contributed by atoms with Crippen molar-refractivity contribution in [2.45, 2.75) is 45.8 Å². The van der Waals surface area contributed by atoms with Crippen LogP contribution in [0.25, 0.3) is 0 Å². The molecule has 0 saturated carbocycles. The van der Waals surface area contributed by atoms with E-state index in [-0.39, 0.29) is 6.10 Å². The quantitative estimate of drug-likeness (QED) is 0.859. The van der Waals surface area contributed by atoms with E-state index >= 15 is 0 Å². The van der Waals surface area contributed by atoms with E-state index < -0.39 is 0 Å². The van der Waals surface area contributed by atoms with Crippen LogP contribution in [0.4, 0.5) is 0 Å². The van der Waals surface area contributed by atoms with Crippen molar-refractivity contribution < 1.29 is 4.74 Å². The van der Waals surface area contributed by atoms with Gasteiger partial charge in [0.1, 0.15) is 11.1 Å². The molecule has 0 aliphatic carbocycles. The van der Waals surface area contributed by atoms with Crippen molar-refractivity contribution in [3.8, 4) is 0 Å². The van der Waals surface area contributed by atoms with Crippen LogP contribution in [0.1, 0.15) is 48.4 Å². The van der Waals surface area contributed by atoms with Crippen molar-refractivity contribution in [2.75, 3.05) is 13.2 Å². The van der Waals surface area contributed by atoms with E-state index in [9.17, 15) is 0 Å². The number of nitrogens with zero attached hydrogens (tertiary/aromatic N) is 1. The summed E-state index contributed by atoms with van der Waals surface area (Å²) in [5, 5.41) is 4.56. The van der Waals surface area contributed by atoms with Gasteiger partial charge in [0.25, 0.3) is 0 Å². The Morgan fingerprint density at radius 1 is 1.50 bits per heavy atom. The second-order valence-corrected chi connectivity index (χ2v) is 5.17. The summed E-state index contributed by atoms with van der Waals surface area (Å²) in [6.07, 6.45) is 3.60. The average molecular weight is 240 g/mol. The van der Waals surface area contributed by atoms with Crippen molar-refractivity contribution >= 4 is 11.3 Å². The van der Waals surface area contributed by atoms with Crippen LogP contribution in [0.15, 0.2) is 0 Å². The van der Waals surface area contributed by atoms with E-state index in [1.165, 1.54) is 22.0 Å². The molecule has 1 unspecified atom stereocenters. The Bertz CT molecular complexity index is 332. The summed E-state index contributed by atoms with van der Waals surface area (Å²) >= 11 is 1.82. The number of hydrogen-bond acceptors (Lipinski definition) is 4. The molecular weight excluding hydrogens is 220 g/mol. The van der Waals surface area contributed by atoms with E-state index in [2.05, 4.69) is 19.2 Å². The molecule has 4 heteroatoms. The molecule has 1 saturated heterocycles. The smallest absolute Gasteiger partial charge is 0.122 e. The molecule has 90 valence electrons. The van der Waals surface area contributed by atoms with E-state index in [1.54, 1.807) is 0 Å². The summed E-state index contributed by atoms with van der Waals surface area (Å²) in [4.78, 5) is 6.10. The van der Waals surface area contributed by atoms with Crippen LogP contribution in [0.2, 0.25) is 0 Å². The Morgan fingerprint density at radius 2 is 2.38 bits per heavy atom. The zero-order chi connectivity index (χ0) is 11.4. The van der Waals surface area contributed by atoms with Gasteiger partial charge in [0, 0.05) is 18.0 Å². The highest BCUT2D eigenvalue weighted by Gasteiger charge is 2.22. The molecule has 1 atom stereocenters. The van der Waals surface area contributed by atoms with Crippen molar-refractivity contribution in [3.05, 3.63) is 15.6 Å². The van der Waals surface area contributed by atoms with Crippen LogP contribution in [0, 0.1) is 0 Å². The first-order valence-corrected chi connectivity index (χ1v) is 6.97. The molecule has 1 N–H and O–H groups in total. The van der Waals surface area contributed by atoms with Gasteiger partial charge in [0.15, 0.2) is 0 Å². The summed E-state index contributed by atoms with van der Waals surface area (Å²) in [6, 6.07) is 0. The molecule has 0 amide bonds. The molecule has 2 heterocycles. The van der Waals surface area contributed by atoms with Crippen molar-refractivity contribution in [2.24, 2.45) is 0 Å². The third kappa shape index (κ3) is 2.62. The zero-order valence-electron chi connectivity index (χ0n) is 10.1. The highest BCUT2D eigenvalue weighted by molar-refractivity contribution is 7.11. The van der Waals surface area contributed by atoms with Crippen molar-refractivity contribution in [1.29, 1.82) is 0 Å². The first-order valence-electron chi connectivity index (χ1n) is 6.16. The molecule has 3 nitrogen and oxygen atoms in total. The largest absolute Gasteiger partial charge is 0.371 e. The first kappa shape index (κ1) is 12.0. The molecule has 2 rings (SSSR count). The second-order valence-electron chi connectivity index (χ2n) is 4.06. The number of aryl methyl sites for hydroxylation is 1. The highest BCUT2D eigenvalue weighted by atomic mass is 32.1. The topological polar surface area (TPSA) is 34.1 Å². The Balaban J connectivity index is 2.10. The van der Waals surface area contributed by atoms with E-state index in [4.69, 9.17) is 9.72 Å². The first-order chi connectivity index (χ1) is 7.85. The molecule has 16 heavy (non-hydrogen) atoms. The van der Waals surface area contributed by atoms with Gasteiger partial charge >= 0.3 is 0 Å². The monoisotopic (exact) mass is 240 g/mol. The number of ether oxygens (including phenoxy) is 1. The number of rotatable bonds is 5. The summed E-state index contributed by atoms with van der Waals surface area (Å²) in [7, 11) is 0. The molecular formula is C12H20N2OS. The molecule has 1 aromatic rings. The normalized spacial score (nSPS) is 20.5. The van der Waals surface area contributed by atoms with Crippen LogP contribution in [-0.4, -0.2) is 18.1 Å². The lowest BCUT2D eigenvalue weighted by molar-refractivity contribution is 0.111. The molecule has 1 aliphatic heterocycles. The standard InChI is InChI=1S/C12H20N2OS/c1-3-9-11(8-13-4-2)16-12(14-9)10-6-5-7-15-10/h10,13H,3-8H2,1-2H3. The summed E-state index contributed by atoms with van der Waals surface area (Å²) < 4.78 is 5.68. The Labute approximate surface area is 101 Å². The second kappa shape index (κ2) is 5.75. The van der Waals surface area contributed by atoms with Gasteiger partial charge in [-0.3, -0.25) is 0 Å². The maximum absolute atomic E-state index is 5.68. The molecule has 0 bridgehead atoms. The van der Waals surface area contributed by atoms with Gasteiger partial charge in [-0.2, -0.15) is 0 Å². The van der Waals surface area contributed by atoms with Gasteiger partial charge in [-0.25, -0.2) is 4.98 Å². The van der Waals surface area contributed by atoms with Gasteiger partial charge in [0.2, 0.25) is 0 Å². The fourth-order valence-corrected chi connectivity index (χ4v) is 3.17. The number of thiazole rings is 1. The minimum atomic E-state index is 0.269. The zero-order valence-corrected chi connectivity index (χ0v) is 10.9. The lowest BCUT2D eigenvalue weighted by atomic mass is 10.2. The minimum absolute atomic E-state index is 0.269. The van der Waals surface area contributed by atoms with Gasteiger partial charge < -0.3 is 10.1 Å². The summed E-state index contributed by atoms with van der Waals surface area (Å²) in [5.74, 6) is 0. The predicted octanol–water partition coefficient (Wildman–Crippen LogP) is 2.67. The van der Waals surface area contributed by atoms with E-state index in [0.717, 1.165) is 32.5 Å². The van der Waals surface area contributed by atoms with Crippen LogP contribution < -0.4 is 5.32 Å². The maximum Gasteiger partial charge on any atom is 0.122 e. The molecule has 0 spiro atoms. The molecule has 1 fully saturated rings. The molecule has 1 aromatic heterocycles. The maximum atomic E-state index is 5.68. The number of hydrogen-bond donors (Lipinski definition) is 1. The number of aromatic nitrogens is 1. The van der Waals surface area contributed by atoms with Crippen molar-refractivity contribution in [3.63, 3.8) is 0 Å². The van der Waals surface area contributed by atoms with Gasteiger partial charge in [-0.05, 0) is 25.8 Å². The Hall–Kier alpha value is -0.450. The Kier molecular flexibility index (Phi) is 4.32. The summed E-state index contributed by atoms with van der Waals surface area (Å²) in [6.45, 7) is 7.16. The lowest BCUT2D eigenvalue weighted by Crippen LogP contribution is -2.11. The average Bonchev–Trinajstić information content (AvgIpc) is 2.94. The van der Waals surface area contributed by atoms with Crippen LogP contribution in [-0.2, 0) is 17.7 Å². The Morgan fingerprint density at radius 3 is 3.00 bits per heavy atom. The van der Waals surface area contributed by atoms with E-state index in [0.29, 0.717) is 0 Å². The molecule has 0 aromatic carbocycles. The highest BCUT2D eigenvalue weighted by Crippen LogP contribution is 2.33. The fraction of sp³-hybridized carbons (Fsp3) is 0.750. The lowest BCUT2D eigenvalue weighted by Gasteiger charge is -2.03. The van der Waals surface area contributed by atoms with E-state index in [1.807, 2.05) is 11.3 Å². The van der Waals surface area contributed by atoms with Gasteiger partial charge in [0.05, 0.1) is 5.69 Å². The number of nitrogens with one attached hydrogen (secondary N) is 1. The summed E-state index contributed by atoms with van der Waals surface area (Å²) in [5.41, 5.74) is 1.25. The van der Waals surface area contributed by atoms with Gasteiger partial charge in [-0.15, -0.1) is 11.3 Å². The van der Waals surface area contributed by atoms with Gasteiger partial charge in [-0.1, -0.05) is 13.8 Å². The predicted molar refractivity (Wildman–Crippen MR) is 66.8 cm³/mol. The van der Waals surface area contributed by atoms with Crippen LogP contribution in [0.5, 0.6) is 0 Å².